The van der Waals surface area contributed by atoms with Crippen LogP contribution in [0.4, 0.5) is 22.0 Å². The van der Waals surface area contributed by atoms with Gasteiger partial charge < -0.3 is 4.55 Å². The summed E-state index contributed by atoms with van der Waals surface area (Å²) >= 11 is -3.03. The number of hydrogen-bond donors (Lipinski definition) is 0. The van der Waals surface area contributed by atoms with Crippen molar-refractivity contribution >= 4 is 11.2 Å². The highest BCUT2D eigenvalue weighted by molar-refractivity contribution is 7.95. The maximum atomic E-state index is 11.9. The molecule has 0 spiro atoms. The van der Waals surface area contributed by atoms with Crippen molar-refractivity contribution in [2.75, 3.05) is 0 Å². The molecule has 1 unspecified atom stereocenters. The fourth-order valence-corrected chi connectivity index (χ4v) is 0.715. The summed E-state index contributed by atoms with van der Waals surface area (Å²) in [5, 5.41) is -4.02. The van der Waals surface area contributed by atoms with E-state index in [1.165, 1.54) is 0 Å². The van der Waals surface area contributed by atoms with Crippen molar-refractivity contribution in [2.45, 2.75) is 11.4 Å². The highest BCUT2D eigenvalue weighted by Crippen LogP contribution is 2.24. The van der Waals surface area contributed by atoms with Crippen molar-refractivity contribution in [1.29, 1.82) is 0 Å². The Hall–Kier alpha value is -0.300. The Morgan fingerprint density at radius 3 is 1.83 bits per heavy atom. The maximum absolute atomic E-state index is 11.9. The lowest BCUT2D eigenvalue weighted by molar-refractivity contribution is -0.0797. The molecular formula is C5H4F5OS. The van der Waals surface area contributed by atoms with Crippen LogP contribution in [0.2, 0.25) is 0 Å². The smallest absolute Gasteiger partial charge is 0.413 e. The van der Waals surface area contributed by atoms with Crippen molar-refractivity contribution in [3.8, 4) is 0 Å². The first kappa shape index (κ1) is 11.7. The highest BCUT2D eigenvalue weighted by atomic mass is 32.2. The zero-order valence-electron chi connectivity index (χ0n) is 5.57. The van der Waals surface area contributed by atoms with Crippen LogP contribution in [-0.4, -0.2) is 16.0 Å². The minimum atomic E-state index is -4.74. The van der Waals surface area contributed by atoms with Crippen LogP contribution in [0.5, 0.6) is 0 Å². The first-order valence-electron chi connectivity index (χ1n) is 2.53. The van der Waals surface area contributed by atoms with Crippen LogP contribution >= 0.6 is 0 Å². The maximum Gasteiger partial charge on any atom is 0.413 e. The van der Waals surface area contributed by atoms with E-state index in [1.807, 2.05) is 0 Å². The van der Waals surface area contributed by atoms with Crippen molar-refractivity contribution in [3.63, 3.8) is 0 Å². The van der Waals surface area contributed by atoms with Gasteiger partial charge in [-0.25, -0.2) is 0 Å². The Morgan fingerprint density at radius 1 is 1.17 bits per heavy atom. The molecule has 0 aliphatic heterocycles. The van der Waals surface area contributed by atoms with Crippen LogP contribution in [-0.2, 0) is 11.2 Å². The van der Waals surface area contributed by atoms with Gasteiger partial charge in [-0.2, -0.15) is 22.0 Å². The summed E-state index contributed by atoms with van der Waals surface area (Å²) in [4.78, 5) is 0. The van der Waals surface area contributed by atoms with E-state index in [0.29, 0.717) is 0 Å². The molecule has 71 valence electrons. The largest absolute Gasteiger partial charge is 0.607 e. The number of allylic oxidation sites excluding steroid dienone is 1. The van der Waals surface area contributed by atoms with Gasteiger partial charge in [0.1, 0.15) is 5.41 Å². The van der Waals surface area contributed by atoms with Gasteiger partial charge >= 0.3 is 11.4 Å². The first-order valence-corrected chi connectivity index (χ1v) is 3.74. The van der Waals surface area contributed by atoms with Gasteiger partial charge in [0.2, 0.25) is 0 Å². The zero-order valence-corrected chi connectivity index (χ0v) is 6.38. The lowest BCUT2D eigenvalue weighted by atomic mass is 10.6. The third kappa shape index (κ3) is 5.36. The topological polar surface area (TPSA) is 23.1 Å². The summed E-state index contributed by atoms with van der Waals surface area (Å²) in [5.41, 5.74) is 0. The van der Waals surface area contributed by atoms with Gasteiger partial charge in [-0.15, -0.1) is 0 Å². The van der Waals surface area contributed by atoms with E-state index in [1.54, 1.807) is 0 Å². The second-order valence-electron chi connectivity index (χ2n) is 1.78. The molecule has 0 aromatic heterocycles. The molecule has 0 aliphatic carbocycles. The number of rotatable bonds is 2. The van der Waals surface area contributed by atoms with Crippen LogP contribution in [0, 0.1) is 6.92 Å². The lowest BCUT2D eigenvalue weighted by Gasteiger charge is -2.11. The van der Waals surface area contributed by atoms with Crippen LogP contribution in [0.15, 0.2) is 11.5 Å². The van der Waals surface area contributed by atoms with Gasteiger partial charge in [-0.3, -0.25) is 0 Å². The van der Waals surface area contributed by atoms with E-state index in [-0.39, 0.29) is 5.41 Å². The number of hydrogen-bond acceptors (Lipinski definition) is 1. The summed E-state index contributed by atoms with van der Waals surface area (Å²) in [6, 6.07) is 0. The van der Waals surface area contributed by atoms with Crippen molar-refractivity contribution in [3.05, 3.63) is 18.4 Å². The van der Waals surface area contributed by atoms with Crippen LogP contribution in [0.25, 0.3) is 0 Å². The summed E-state index contributed by atoms with van der Waals surface area (Å²) in [5.74, 6) is 0. The molecule has 12 heavy (non-hydrogen) atoms. The molecule has 0 bridgehead atoms. The van der Waals surface area contributed by atoms with Crippen LogP contribution in [0.3, 0.4) is 0 Å². The van der Waals surface area contributed by atoms with Crippen LogP contribution < -0.4 is 0 Å². The van der Waals surface area contributed by atoms with E-state index < -0.39 is 28.7 Å². The van der Waals surface area contributed by atoms with Gasteiger partial charge in [-0.1, -0.05) is 0 Å². The fraction of sp³-hybridized carbons (Fsp3) is 0.400. The minimum absolute atomic E-state index is 0.132. The predicted molar refractivity (Wildman–Crippen MR) is 33.6 cm³/mol. The van der Waals surface area contributed by atoms with E-state index >= 15 is 0 Å². The van der Waals surface area contributed by atoms with E-state index in [4.69, 9.17) is 0 Å². The van der Waals surface area contributed by atoms with E-state index in [9.17, 15) is 26.5 Å². The Kier molecular flexibility index (Phi) is 3.52. The molecule has 1 nitrogen and oxygen atoms in total. The molecule has 0 N–H and O–H groups in total. The monoisotopic (exact) mass is 207 g/mol. The molecule has 0 fully saturated rings. The number of alkyl halides is 5. The summed E-state index contributed by atoms with van der Waals surface area (Å²) in [6.07, 6.45) is -5.25. The molecular weight excluding hydrogens is 203 g/mol. The van der Waals surface area contributed by atoms with Crippen molar-refractivity contribution < 1.29 is 26.5 Å². The van der Waals surface area contributed by atoms with Crippen LogP contribution in [0.1, 0.15) is 0 Å². The summed E-state index contributed by atoms with van der Waals surface area (Å²) < 4.78 is 67.9. The fourth-order valence-electron chi connectivity index (χ4n) is 0.238. The standard InChI is InChI=1S/C5H4F5OS/c1-4(6,7)12(11)3-2-5(8,9)10/h2-3H,1H2. The molecule has 0 heterocycles. The van der Waals surface area contributed by atoms with Gasteiger partial charge in [0.25, 0.3) is 0 Å². The van der Waals surface area contributed by atoms with Crippen molar-refractivity contribution in [1.82, 2.24) is 0 Å². The molecule has 0 aromatic carbocycles. The molecule has 0 rings (SSSR count). The second-order valence-corrected chi connectivity index (χ2v) is 3.24. The normalized spacial score (nSPS) is 16.9. The lowest BCUT2D eigenvalue weighted by Crippen LogP contribution is -2.23. The van der Waals surface area contributed by atoms with Gasteiger partial charge in [0, 0.05) is 0 Å². The molecule has 0 amide bonds. The molecule has 1 radical (unpaired) electrons. The van der Waals surface area contributed by atoms with Gasteiger partial charge in [0.05, 0.1) is 24.2 Å². The molecule has 1 atom stereocenters. The van der Waals surface area contributed by atoms with E-state index in [2.05, 4.69) is 6.92 Å². The summed E-state index contributed by atoms with van der Waals surface area (Å²) in [6.45, 7) is 2.12. The number of halogens is 5. The van der Waals surface area contributed by atoms with Gasteiger partial charge in [-0.05, 0) is 0 Å². The second kappa shape index (κ2) is 3.61. The minimum Gasteiger partial charge on any atom is -0.607 e. The predicted octanol–water partition coefficient (Wildman–Crippen LogP) is 2.24. The third-order valence-electron chi connectivity index (χ3n) is 0.675. The average Bonchev–Trinajstić information content (AvgIpc) is 1.78. The first-order chi connectivity index (χ1) is 5.13. The average molecular weight is 207 g/mol. The molecule has 0 saturated heterocycles. The Bertz CT molecular complexity index is 170. The van der Waals surface area contributed by atoms with E-state index in [0.717, 1.165) is 0 Å². The third-order valence-corrected chi connectivity index (χ3v) is 1.65. The SMILES string of the molecule is [CH2]C(F)(F)[S+]([O-])C=CC(F)(F)F. The molecule has 7 heteroatoms. The zero-order chi connectivity index (χ0) is 9.99. The molecule has 0 saturated carbocycles. The molecule has 0 aliphatic rings. The Morgan fingerprint density at radius 2 is 1.58 bits per heavy atom. The summed E-state index contributed by atoms with van der Waals surface area (Å²) in [7, 11) is 0. The highest BCUT2D eigenvalue weighted by Gasteiger charge is 2.37. The van der Waals surface area contributed by atoms with Gasteiger partial charge in [0.15, 0.2) is 0 Å². The quantitative estimate of drug-likeness (QED) is 0.503. The van der Waals surface area contributed by atoms with Crippen molar-refractivity contribution in [2.24, 2.45) is 0 Å². The Balaban J connectivity index is 4.19. The Labute approximate surface area is 68.4 Å². The molecule has 0 aromatic rings.